The zero-order valence-electron chi connectivity index (χ0n) is 19.5. The van der Waals surface area contributed by atoms with Crippen molar-refractivity contribution in [3.63, 3.8) is 0 Å². The van der Waals surface area contributed by atoms with E-state index in [0.29, 0.717) is 29.6 Å². The van der Waals surface area contributed by atoms with Crippen LogP contribution in [0.15, 0.2) is 72.1 Å². The molecule has 1 unspecified atom stereocenters. The summed E-state index contributed by atoms with van der Waals surface area (Å²) in [6.07, 6.45) is 4.47. The van der Waals surface area contributed by atoms with Gasteiger partial charge in [-0.05, 0) is 48.9 Å². The van der Waals surface area contributed by atoms with Crippen LogP contribution in [0, 0.1) is 12.7 Å². The van der Waals surface area contributed by atoms with Gasteiger partial charge in [0.1, 0.15) is 12.1 Å². The van der Waals surface area contributed by atoms with Crippen LogP contribution in [0.1, 0.15) is 22.1 Å². The van der Waals surface area contributed by atoms with E-state index in [1.807, 2.05) is 13.1 Å². The fourth-order valence-corrected chi connectivity index (χ4v) is 7.05. The number of aromatic nitrogens is 3. The Labute approximate surface area is 211 Å². The van der Waals surface area contributed by atoms with Crippen LogP contribution in [-0.4, -0.2) is 47.0 Å². The van der Waals surface area contributed by atoms with Crippen molar-refractivity contribution in [1.82, 2.24) is 18.8 Å². The Kier molecular flexibility index (Phi) is 5.83. The molecule has 1 fully saturated rings. The Morgan fingerprint density at radius 2 is 2.00 bits per heavy atom. The van der Waals surface area contributed by atoms with Crippen molar-refractivity contribution < 1.29 is 17.5 Å². The number of benzene rings is 2. The third-order valence-corrected chi connectivity index (χ3v) is 9.22. The minimum atomic E-state index is -3.88. The lowest BCUT2D eigenvalue weighted by atomic mass is 10.0. The molecule has 1 aliphatic heterocycles. The van der Waals surface area contributed by atoms with E-state index in [2.05, 4.69) is 20.9 Å². The first-order valence-corrected chi connectivity index (χ1v) is 13.8. The summed E-state index contributed by atoms with van der Waals surface area (Å²) in [5.41, 5.74) is 2.84. The standard InChI is InChI=1S/C26H23FN4O3S2/c1-17-2-4-20(5-3-17)36(32,33)31-7-6-21-22(10-18(27)11-24(21)31)25-15-30(8-9-34-25)14-19-12-23-26(35-19)13-28-16-29-23/h2-7,10-13,16,25H,8-9,14-15H2,1H3. The normalized spacial score (nSPS) is 17.2. The number of hydrogen-bond donors (Lipinski definition) is 0. The number of thiophene rings is 1. The molecule has 0 aliphatic carbocycles. The number of fused-ring (bicyclic) bond motifs is 2. The van der Waals surface area contributed by atoms with Crippen molar-refractivity contribution in [1.29, 1.82) is 0 Å². The highest BCUT2D eigenvalue weighted by molar-refractivity contribution is 7.90. The van der Waals surface area contributed by atoms with Crippen LogP contribution in [0.4, 0.5) is 4.39 Å². The molecule has 1 saturated heterocycles. The van der Waals surface area contributed by atoms with Gasteiger partial charge in [0.2, 0.25) is 0 Å². The third kappa shape index (κ3) is 4.20. The molecule has 4 heterocycles. The minimum Gasteiger partial charge on any atom is -0.371 e. The van der Waals surface area contributed by atoms with Gasteiger partial charge in [-0.25, -0.2) is 26.7 Å². The van der Waals surface area contributed by atoms with E-state index in [1.165, 1.54) is 23.2 Å². The van der Waals surface area contributed by atoms with Crippen LogP contribution in [0.25, 0.3) is 21.1 Å². The summed E-state index contributed by atoms with van der Waals surface area (Å²) >= 11 is 1.66. The second kappa shape index (κ2) is 9.04. The van der Waals surface area contributed by atoms with Gasteiger partial charge < -0.3 is 4.74 Å². The van der Waals surface area contributed by atoms with Gasteiger partial charge in [-0.1, -0.05) is 17.7 Å². The Bertz CT molecular complexity index is 1650. The van der Waals surface area contributed by atoms with Gasteiger partial charge in [0, 0.05) is 42.3 Å². The molecule has 36 heavy (non-hydrogen) atoms. The fraction of sp³-hybridized carbons (Fsp3) is 0.231. The Morgan fingerprint density at radius 3 is 2.81 bits per heavy atom. The average molecular weight is 523 g/mol. The van der Waals surface area contributed by atoms with Gasteiger partial charge in [-0.3, -0.25) is 4.90 Å². The zero-order chi connectivity index (χ0) is 24.9. The third-order valence-electron chi connectivity index (χ3n) is 6.47. The first-order chi connectivity index (χ1) is 17.4. The maximum Gasteiger partial charge on any atom is 0.268 e. The number of morpholine rings is 1. The van der Waals surface area contributed by atoms with Gasteiger partial charge in [0.25, 0.3) is 10.0 Å². The van der Waals surface area contributed by atoms with Crippen molar-refractivity contribution in [2.24, 2.45) is 0 Å². The Balaban J connectivity index is 1.32. The highest BCUT2D eigenvalue weighted by atomic mass is 32.2. The first kappa shape index (κ1) is 23.2. The molecule has 0 bridgehead atoms. The number of rotatable bonds is 5. The monoisotopic (exact) mass is 522 g/mol. The first-order valence-electron chi connectivity index (χ1n) is 11.5. The van der Waals surface area contributed by atoms with Gasteiger partial charge in [-0.15, -0.1) is 11.3 Å². The van der Waals surface area contributed by atoms with Gasteiger partial charge in [-0.2, -0.15) is 0 Å². The van der Waals surface area contributed by atoms with Gasteiger partial charge in [0.05, 0.1) is 33.3 Å². The smallest absolute Gasteiger partial charge is 0.268 e. The molecule has 6 rings (SSSR count). The predicted octanol–water partition coefficient (Wildman–Crippen LogP) is 4.90. The van der Waals surface area contributed by atoms with Crippen molar-refractivity contribution >= 4 is 42.5 Å². The molecule has 10 heteroatoms. The molecular weight excluding hydrogens is 499 g/mol. The van der Waals surface area contributed by atoms with Crippen molar-refractivity contribution in [3.8, 4) is 0 Å². The van der Waals surface area contributed by atoms with E-state index in [9.17, 15) is 12.8 Å². The van der Waals surface area contributed by atoms with E-state index in [0.717, 1.165) is 32.8 Å². The van der Waals surface area contributed by atoms with Crippen LogP contribution in [0.2, 0.25) is 0 Å². The lowest BCUT2D eigenvalue weighted by Crippen LogP contribution is -2.37. The summed E-state index contributed by atoms with van der Waals surface area (Å²) < 4.78 is 49.8. The van der Waals surface area contributed by atoms with Crippen LogP contribution in [0.5, 0.6) is 0 Å². The van der Waals surface area contributed by atoms with Crippen LogP contribution in [-0.2, 0) is 21.3 Å². The summed E-state index contributed by atoms with van der Waals surface area (Å²) in [5, 5.41) is 0.663. The van der Waals surface area contributed by atoms with E-state index < -0.39 is 15.8 Å². The molecule has 0 N–H and O–H groups in total. The lowest BCUT2D eigenvalue weighted by molar-refractivity contribution is -0.0320. The number of halogens is 1. The zero-order valence-corrected chi connectivity index (χ0v) is 21.1. The summed E-state index contributed by atoms with van der Waals surface area (Å²) in [7, 11) is -3.88. The fourth-order valence-electron chi connectivity index (χ4n) is 4.68. The lowest BCUT2D eigenvalue weighted by Gasteiger charge is -2.33. The second-order valence-corrected chi connectivity index (χ2v) is 11.9. The highest BCUT2D eigenvalue weighted by Crippen LogP contribution is 2.34. The van der Waals surface area contributed by atoms with E-state index in [1.54, 1.807) is 48.0 Å². The molecule has 0 radical (unpaired) electrons. The summed E-state index contributed by atoms with van der Waals surface area (Å²) in [4.78, 5) is 12.0. The van der Waals surface area contributed by atoms with Crippen LogP contribution >= 0.6 is 11.3 Å². The van der Waals surface area contributed by atoms with Crippen LogP contribution in [0.3, 0.4) is 0 Å². The number of nitrogens with zero attached hydrogens (tertiary/aromatic N) is 4. The Hall–Kier alpha value is -3.18. The summed E-state index contributed by atoms with van der Waals surface area (Å²) in [6, 6.07) is 13.1. The molecule has 0 saturated carbocycles. The van der Waals surface area contributed by atoms with Crippen molar-refractivity contribution in [2.75, 3.05) is 19.7 Å². The predicted molar refractivity (Wildman–Crippen MR) is 137 cm³/mol. The molecule has 184 valence electrons. The molecular formula is C26H23FN4O3S2. The molecule has 3 aromatic heterocycles. The molecule has 7 nitrogen and oxygen atoms in total. The maximum atomic E-state index is 14.8. The number of hydrogen-bond acceptors (Lipinski definition) is 7. The average Bonchev–Trinajstić information content (AvgIpc) is 3.48. The molecule has 0 amide bonds. The number of aryl methyl sites for hydroxylation is 1. The van der Waals surface area contributed by atoms with E-state index >= 15 is 0 Å². The van der Waals surface area contributed by atoms with E-state index in [4.69, 9.17) is 4.74 Å². The SMILES string of the molecule is Cc1ccc(S(=O)(=O)n2ccc3c(C4CN(Cc5cc6ncncc6s5)CCO4)cc(F)cc32)cc1. The maximum absolute atomic E-state index is 14.8. The molecule has 2 aromatic carbocycles. The topological polar surface area (TPSA) is 77.3 Å². The van der Waals surface area contributed by atoms with Crippen LogP contribution < -0.4 is 0 Å². The van der Waals surface area contributed by atoms with Crippen molar-refractivity contribution in [3.05, 3.63) is 89.1 Å². The summed E-state index contributed by atoms with van der Waals surface area (Å²) in [6.45, 7) is 4.43. The highest BCUT2D eigenvalue weighted by Gasteiger charge is 2.27. The van der Waals surface area contributed by atoms with Crippen molar-refractivity contribution in [2.45, 2.75) is 24.5 Å². The van der Waals surface area contributed by atoms with E-state index in [-0.39, 0.29) is 11.0 Å². The molecule has 5 aromatic rings. The summed E-state index contributed by atoms with van der Waals surface area (Å²) in [5.74, 6) is -0.500. The second-order valence-electron chi connectivity index (χ2n) is 8.94. The Morgan fingerprint density at radius 1 is 1.17 bits per heavy atom. The largest absolute Gasteiger partial charge is 0.371 e. The van der Waals surface area contributed by atoms with Gasteiger partial charge in [0.15, 0.2) is 0 Å². The van der Waals surface area contributed by atoms with Gasteiger partial charge >= 0.3 is 0 Å². The molecule has 1 aliphatic rings. The number of ether oxygens (including phenoxy) is 1. The molecule has 0 spiro atoms. The minimum absolute atomic E-state index is 0.157. The molecule has 1 atom stereocenters. The quantitative estimate of drug-likeness (QED) is 0.327.